The average Bonchev–Trinajstić information content (AvgIpc) is 3.34. The molecule has 3 aromatic carbocycles. The SMILES string of the molecule is NC(=O)CCNS(=O)(=O)c1ccc(-c2cc(-c3ccc(-c4ccccc4)c(C(F)(F)F)c3)on2)cc1. The van der Waals surface area contributed by atoms with Crippen LogP contribution in [0.5, 0.6) is 0 Å². The fraction of sp³-hybridized carbons (Fsp3) is 0.120. The molecule has 0 unspecified atom stereocenters. The highest BCUT2D eigenvalue weighted by Gasteiger charge is 2.34. The van der Waals surface area contributed by atoms with Crippen molar-refractivity contribution >= 4 is 15.9 Å². The van der Waals surface area contributed by atoms with Gasteiger partial charge in [0.2, 0.25) is 15.9 Å². The van der Waals surface area contributed by atoms with Crippen LogP contribution in [-0.4, -0.2) is 26.0 Å². The van der Waals surface area contributed by atoms with Gasteiger partial charge in [-0.15, -0.1) is 0 Å². The lowest BCUT2D eigenvalue weighted by Gasteiger charge is -2.14. The van der Waals surface area contributed by atoms with E-state index in [4.69, 9.17) is 10.3 Å². The predicted octanol–water partition coefficient (Wildman–Crippen LogP) is 4.85. The van der Waals surface area contributed by atoms with E-state index in [1.165, 1.54) is 42.5 Å². The molecule has 0 spiro atoms. The molecule has 0 aliphatic rings. The summed E-state index contributed by atoms with van der Waals surface area (Å²) in [6.07, 6.45) is -4.72. The van der Waals surface area contributed by atoms with Gasteiger partial charge < -0.3 is 10.3 Å². The number of nitrogens with zero attached hydrogens (tertiary/aromatic N) is 1. The minimum absolute atomic E-state index is 0.0363. The number of hydrogen-bond donors (Lipinski definition) is 2. The van der Waals surface area contributed by atoms with Crippen LogP contribution in [0.4, 0.5) is 13.2 Å². The molecular weight excluding hydrogens is 495 g/mol. The number of sulfonamides is 1. The van der Waals surface area contributed by atoms with Crippen LogP contribution >= 0.6 is 0 Å². The van der Waals surface area contributed by atoms with Crippen LogP contribution in [0, 0.1) is 0 Å². The number of aromatic nitrogens is 1. The zero-order chi connectivity index (χ0) is 25.9. The molecule has 0 bridgehead atoms. The lowest BCUT2D eigenvalue weighted by molar-refractivity contribution is -0.137. The largest absolute Gasteiger partial charge is 0.417 e. The second kappa shape index (κ2) is 9.96. The first-order valence-electron chi connectivity index (χ1n) is 10.7. The third-order valence-corrected chi connectivity index (χ3v) is 6.81. The maximum atomic E-state index is 13.8. The van der Waals surface area contributed by atoms with Gasteiger partial charge >= 0.3 is 6.18 Å². The zero-order valence-electron chi connectivity index (χ0n) is 18.6. The lowest BCUT2D eigenvalue weighted by Crippen LogP contribution is -2.28. The van der Waals surface area contributed by atoms with Gasteiger partial charge in [0.05, 0.1) is 10.5 Å². The maximum Gasteiger partial charge on any atom is 0.417 e. The lowest BCUT2D eigenvalue weighted by atomic mass is 9.96. The van der Waals surface area contributed by atoms with Crippen molar-refractivity contribution in [3.05, 3.63) is 84.4 Å². The predicted molar refractivity (Wildman–Crippen MR) is 127 cm³/mol. The Bertz CT molecular complexity index is 1480. The van der Waals surface area contributed by atoms with Gasteiger partial charge in [0.15, 0.2) is 5.76 Å². The first kappa shape index (κ1) is 25.1. The van der Waals surface area contributed by atoms with E-state index in [1.54, 1.807) is 30.3 Å². The zero-order valence-corrected chi connectivity index (χ0v) is 19.4. The molecule has 0 radical (unpaired) electrons. The topological polar surface area (TPSA) is 115 Å². The Morgan fingerprint density at radius 1 is 0.917 bits per heavy atom. The van der Waals surface area contributed by atoms with Crippen molar-refractivity contribution in [2.45, 2.75) is 17.5 Å². The van der Waals surface area contributed by atoms with Crippen molar-refractivity contribution in [2.75, 3.05) is 6.54 Å². The Hall–Kier alpha value is -3.96. The maximum absolute atomic E-state index is 13.8. The second-order valence-corrected chi connectivity index (χ2v) is 9.61. The second-order valence-electron chi connectivity index (χ2n) is 7.84. The molecule has 0 aliphatic carbocycles. The highest BCUT2D eigenvalue weighted by molar-refractivity contribution is 7.89. The quantitative estimate of drug-likeness (QED) is 0.348. The number of nitrogens with two attached hydrogens (primary N) is 1. The summed E-state index contributed by atoms with van der Waals surface area (Å²) in [5, 5.41) is 3.92. The van der Waals surface area contributed by atoms with Crippen LogP contribution < -0.4 is 10.5 Å². The number of alkyl halides is 3. The summed E-state index contributed by atoms with van der Waals surface area (Å²) in [6, 6.07) is 19.3. The number of carbonyl (C=O) groups is 1. The number of rotatable bonds is 8. The monoisotopic (exact) mass is 515 g/mol. The fourth-order valence-corrected chi connectivity index (χ4v) is 4.58. The molecule has 1 amide bonds. The van der Waals surface area contributed by atoms with Gasteiger partial charge in [-0.3, -0.25) is 4.79 Å². The fourth-order valence-electron chi connectivity index (χ4n) is 3.55. The Balaban J connectivity index is 1.59. The minimum atomic E-state index is -4.59. The molecule has 186 valence electrons. The van der Waals surface area contributed by atoms with Crippen molar-refractivity contribution in [2.24, 2.45) is 5.73 Å². The highest BCUT2D eigenvalue weighted by atomic mass is 32.2. The molecule has 0 atom stereocenters. The van der Waals surface area contributed by atoms with Crippen LogP contribution in [0.3, 0.4) is 0 Å². The molecule has 36 heavy (non-hydrogen) atoms. The molecular formula is C25H20F3N3O4S. The van der Waals surface area contributed by atoms with Gasteiger partial charge in [-0.2, -0.15) is 13.2 Å². The van der Waals surface area contributed by atoms with E-state index in [0.29, 0.717) is 16.8 Å². The van der Waals surface area contributed by atoms with E-state index in [1.807, 2.05) is 0 Å². The van der Waals surface area contributed by atoms with E-state index >= 15 is 0 Å². The van der Waals surface area contributed by atoms with E-state index in [-0.39, 0.29) is 34.7 Å². The minimum Gasteiger partial charge on any atom is -0.370 e. The molecule has 0 saturated heterocycles. The van der Waals surface area contributed by atoms with Gasteiger partial charge in [-0.05, 0) is 29.3 Å². The molecule has 3 N–H and O–H groups in total. The molecule has 0 aliphatic heterocycles. The number of hydrogen-bond acceptors (Lipinski definition) is 5. The standard InChI is InChI=1S/C25H20F3N3O4S/c26-25(27,28)21-14-18(8-11-20(21)16-4-2-1-3-5-16)23-15-22(31-35-23)17-6-9-19(10-7-17)36(33,34)30-13-12-24(29)32/h1-11,14-15,30H,12-13H2,(H2,29,32). The number of carbonyl (C=O) groups excluding carboxylic acids is 1. The van der Waals surface area contributed by atoms with E-state index < -0.39 is 27.7 Å². The van der Waals surface area contributed by atoms with Gasteiger partial charge in [0.1, 0.15) is 5.69 Å². The third-order valence-electron chi connectivity index (χ3n) is 5.33. The van der Waals surface area contributed by atoms with E-state index in [0.717, 1.165) is 6.07 Å². The Morgan fingerprint density at radius 2 is 1.58 bits per heavy atom. The van der Waals surface area contributed by atoms with Crippen molar-refractivity contribution in [3.63, 3.8) is 0 Å². The summed E-state index contributed by atoms with van der Waals surface area (Å²) >= 11 is 0. The van der Waals surface area contributed by atoms with Crippen molar-refractivity contribution in [1.29, 1.82) is 0 Å². The summed E-state index contributed by atoms with van der Waals surface area (Å²) in [5.41, 5.74) is 5.70. The van der Waals surface area contributed by atoms with Crippen LogP contribution in [0.2, 0.25) is 0 Å². The molecule has 4 rings (SSSR count). The van der Waals surface area contributed by atoms with Crippen LogP contribution in [0.1, 0.15) is 12.0 Å². The summed E-state index contributed by atoms with van der Waals surface area (Å²) in [5.74, 6) is -0.508. The molecule has 7 nitrogen and oxygen atoms in total. The highest BCUT2D eigenvalue weighted by Crippen LogP contribution is 2.40. The summed E-state index contributed by atoms with van der Waals surface area (Å²) in [6.45, 7) is -0.130. The molecule has 4 aromatic rings. The number of primary amides is 1. The smallest absolute Gasteiger partial charge is 0.370 e. The van der Waals surface area contributed by atoms with Crippen LogP contribution in [0.15, 0.2) is 88.3 Å². The number of amides is 1. The normalized spacial score (nSPS) is 12.0. The van der Waals surface area contributed by atoms with Gasteiger partial charge in [0, 0.05) is 30.2 Å². The summed E-state index contributed by atoms with van der Waals surface area (Å²) in [4.78, 5) is 10.8. The number of nitrogens with one attached hydrogen (secondary N) is 1. The first-order valence-corrected chi connectivity index (χ1v) is 12.1. The number of benzene rings is 3. The van der Waals surface area contributed by atoms with E-state index in [9.17, 15) is 26.4 Å². The Labute approximate surface area is 204 Å². The van der Waals surface area contributed by atoms with Gasteiger partial charge in [-0.1, -0.05) is 59.8 Å². The van der Waals surface area contributed by atoms with Crippen LogP contribution in [0.25, 0.3) is 33.7 Å². The Morgan fingerprint density at radius 3 is 2.22 bits per heavy atom. The first-order chi connectivity index (χ1) is 17.0. The van der Waals surface area contributed by atoms with Crippen molar-refractivity contribution < 1.29 is 30.9 Å². The molecule has 1 heterocycles. The van der Waals surface area contributed by atoms with E-state index in [2.05, 4.69) is 9.88 Å². The van der Waals surface area contributed by atoms with Gasteiger partial charge in [0.25, 0.3) is 0 Å². The Kier molecular flexibility index (Phi) is 6.95. The molecule has 0 fully saturated rings. The van der Waals surface area contributed by atoms with Crippen molar-refractivity contribution in [3.8, 4) is 33.7 Å². The third kappa shape index (κ3) is 5.64. The number of halogens is 3. The average molecular weight is 516 g/mol. The van der Waals surface area contributed by atoms with Gasteiger partial charge in [-0.25, -0.2) is 13.1 Å². The molecule has 0 saturated carbocycles. The molecule has 11 heteroatoms. The van der Waals surface area contributed by atoms with Crippen LogP contribution in [-0.2, 0) is 21.0 Å². The van der Waals surface area contributed by atoms with Crippen molar-refractivity contribution in [1.82, 2.24) is 9.88 Å². The molecule has 1 aromatic heterocycles. The summed E-state index contributed by atoms with van der Waals surface area (Å²) < 4.78 is 73.7. The summed E-state index contributed by atoms with van der Waals surface area (Å²) in [7, 11) is -3.85.